The highest BCUT2D eigenvalue weighted by Crippen LogP contribution is 2.28. The van der Waals surface area contributed by atoms with E-state index in [2.05, 4.69) is 41.6 Å². The van der Waals surface area contributed by atoms with Crippen molar-refractivity contribution in [3.05, 3.63) is 47.2 Å². The van der Waals surface area contributed by atoms with E-state index in [4.69, 9.17) is 5.84 Å². The van der Waals surface area contributed by atoms with Crippen molar-refractivity contribution in [3.8, 4) is 0 Å². The van der Waals surface area contributed by atoms with E-state index in [1.165, 1.54) is 0 Å². The van der Waals surface area contributed by atoms with Crippen LogP contribution in [0.1, 0.15) is 0 Å². The van der Waals surface area contributed by atoms with E-state index in [1.54, 1.807) is 12.4 Å². The Labute approximate surface area is 123 Å². The zero-order chi connectivity index (χ0) is 13.9. The van der Waals surface area contributed by atoms with Gasteiger partial charge in [-0.25, -0.2) is 10.8 Å². The molecule has 0 saturated carbocycles. The maximum atomic E-state index is 5.32. The minimum atomic E-state index is 0.342. The Morgan fingerprint density at radius 2 is 2.00 bits per heavy atom. The van der Waals surface area contributed by atoms with E-state index < -0.39 is 0 Å². The van der Waals surface area contributed by atoms with Gasteiger partial charge in [0.1, 0.15) is 5.82 Å². The van der Waals surface area contributed by atoms with Gasteiger partial charge in [0.25, 0.3) is 0 Å². The standard InChI is InChI=1S/C13H11BrN6/c14-9-7-17-13(20-15)19-12(9)18-11-5-1-4-10-8(11)3-2-6-16-10/h1-7H,15H2,(H2,17,18,19,20). The lowest BCUT2D eigenvalue weighted by molar-refractivity contribution is 1.11. The Bertz CT molecular complexity index is 755. The maximum Gasteiger partial charge on any atom is 0.239 e. The number of nitrogen functional groups attached to an aromatic ring is 1. The zero-order valence-corrected chi connectivity index (χ0v) is 11.9. The highest BCUT2D eigenvalue weighted by Gasteiger charge is 2.07. The molecule has 7 heteroatoms. The molecular weight excluding hydrogens is 320 g/mol. The number of nitrogens with zero attached hydrogens (tertiary/aromatic N) is 3. The number of hydrogen-bond acceptors (Lipinski definition) is 6. The first-order valence-electron chi connectivity index (χ1n) is 5.88. The second kappa shape index (κ2) is 5.40. The fourth-order valence-corrected chi connectivity index (χ4v) is 2.15. The lowest BCUT2D eigenvalue weighted by Crippen LogP contribution is -2.11. The quantitative estimate of drug-likeness (QED) is 0.505. The van der Waals surface area contributed by atoms with Gasteiger partial charge in [-0.15, -0.1) is 0 Å². The zero-order valence-electron chi connectivity index (χ0n) is 10.3. The molecule has 0 radical (unpaired) electrons. The number of hydrogen-bond donors (Lipinski definition) is 3. The normalized spacial score (nSPS) is 10.5. The Morgan fingerprint density at radius 1 is 1.10 bits per heavy atom. The summed E-state index contributed by atoms with van der Waals surface area (Å²) >= 11 is 3.41. The fourth-order valence-electron chi connectivity index (χ4n) is 1.86. The molecule has 1 aromatic carbocycles. The molecule has 6 nitrogen and oxygen atoms in total. The van der Waals surface area contributed by atoms with Gasteiger partial charge in [-0.2, -0.15) is 4.98 Å². The Morgan fingerprint density at radius 3 is 2.85 bits per heavy atom. The summed E-state index contributed by atoms with van der Waals surface area (Å²) in [6.07, 6.45) is 3.40. The third kappa shape index (κ3) is 2.40. The molecule has 0 spiro atoms. The molecule has 0 fully saturated rings. The number of nitrogens with one attached hydrogen (secondary N) is 2. The average Bonchev–Trinajstić information content (AvgIpc) is 2.50. The van der Waals surface area contributed by atoms with Crippen molar-refractivity contribution < 1.29 is 0 Å². The minimum Gasteiger partial charge on any atom is -0.339 e. The van der Waals surface area contributed by atoms with Crippen LogP contribution < -0.4 is 16.6 Å². The Kier molecular flexibility index (Phi) is 3.44. The number of benzene rings is 1. The fraction of sp³-hybridized carbons (Fsp3) is 0. The van der Waals surface area contributed by atoms with Gasteiger partial charge in [-0.3, -0.25) is 10.4 Å². The molecule has 3 rings (SSSR count). The maximum absolute atomic E-state index is 5.32. The van der Waals surface area contributed by atoms with Crippen molar-refractivity contribution >= 4 is 44.3 Å². The van der Waals surface area contributed by atoms with Crippen LogP contribution in [-0.4, -0.2) is 15.0 Å². The van der Waals surface area contributed by atoms with Gasteiger partial charge in [0.05, 0.1) is 9.99 Å². The topological polar surface area (TPSA) is 88.8 Å². The Hall–Kier alpha value is -2.25. The van der Waals surface area contributed by atoms with Crippen LogP contribution in [0.15, 0.2) is 47.2 Å². The molecule has 0 bridgehead atoms. The van der Waals surface area contributed by atoms with E-state index in [1.807, 2.05) is 30.3 Å². The van der Waals surface area contributed by atoms with Crippen LogP contribution in [-0.2, 0) is 0 Å². The smallest absolute Gasteiger partial charge is 0.239 e. The average molecular weight is 331 g/mol. The van der Waals surface area contributed by atoms with Crippen molar-refractivity contribution in [1.82, 2.24) is 15.0 Å². The first-order chi connectivity index (χ1) is 9.78. The number of hydrazine groups is 1. The number of fused-ring (bicyclic) bond motifs is 1. The van der Waals surface area contributed by atoms with Gasteiger partial charge < -0.3 is 5.32 Å². The van der Waals surface area contributed by atoms with E-state index in [-0.39, 0.29) is 0 Å². The summed E-state index contributed by atoms with van der Waals surface area (Å²) in [5.74, 6) is 6.30. The van der Waals surface area contributed by atoms with Crippen molar-refractivity contribution in [2.75, 3.05) is 10.7 Å². The van der Waals surface area contributed by atoms with Crippen LogP contribution in [0.5, 0.6) is 0 Å². The van der Waals surface area contributed by atoms with Gasteiger partial charge in [0.2, 0.25) is 5.95 Å². The molecule has 0 aliphatic carbocycles. The molecule has 0 saturated heterocycles. The van der Waals surface area contributed by atoms with Crippen LogP contribution >= 0.6 is 15.9 Å². The predicted octanol–water partition coefficient (Wildman–Crippen LogP) is 2.82. The number of aromatic nitrogens is 3. The van der Waals surface area contributed by atoms with Gasteiger partial charge >= 0.3 is 0 Å². The van der Waals surface area contributed by atoms with E-state index in [0.29, 0.717) is 11.8 Å². The van der Waals surface area contributed by atoms with Crippen molar-refractivity contribution in [3.63, 3.8) is 0 Å². The number of halogens is 1. The number of nitrogens with two attached hydrogens (primary N) is 1. The number of rotatable bonds is 3. The second-order valence-electron chi connectivity index (χ2n) is 4.04. The monoisotopic (exact) mass is 330 g/mol. The second-order valence-corrected chi connectivity index (χ2v) is 4.89. The van der Waals surface area contributed by atoms with Gasteiger partial charge in [-0.1, -0.05) is 6.07 Å². The summed E-state index contributed by atoms with van der Waals surface area (Å²) in [6, 6.07) is 9.77. The van der Waals surface area contributed by atoms with Crippen LogP contribution in [0.4, 0.5) is 17.5 Å². The molecule has 0 amide bonds. The van der Waals surface area contributed by atoms with Crippen LogP contribution in [0.3, 0.4) is 0 Å². The molecule has 20 heavy (non-hydrogen) atoms. The lowest BCUT2D eigenvalue weighted by atomic mass is 10.2. The van der Waals surface area contributed by atoms with Gasteiger partial charge in [0.15, 0.2) is 0 Å². The minimum absolute atomic E-state index is 0.342. The van der Waals surface area contributed by atoms with Crippen molar-refractivity contribution in [1.29, 1.82) is 0 Å². The summed E-state index contributed by atoms with van der Waals surface area (Å²) in [7, 11) is 0. The van der Waals surface area contributed by atoms with Crippen molar-refractivity contribution in [2.45, 2.75) is 0 Å². The number of anilines is 3. The summed E-state index contributed by atoms with van der Waals surface area (Å²) in [6.45, 7) is 0. The summed E-state index contributed by atoms with van der Waals surface area (Å²) in [5, 5.41) is 4.27. The van der Waals surface area contributed by atoms with E-state index >= 15 is 0 Å². The first-order valence-corrected chi connectivity index (χ1v) is 6.67. The van der Waals surface area contributed by atoms with E-state index in [0.717, 1.165) is 21.1 Å². The van der Waals surface area contributed by atoms with Gasteiger partial charge in [-0.05, 0) is 40.2 Å². The van der Waals surface area contributed by atoms with Gasteiger partial charge in [0, 0.05) is 23.5 Å². The molecule has 0 atom stereocenters. The third-order valence-electron chi connectivity index (χ3n) is 2.77. The molecular formula is C13H11BrN6. The van der Waals surface area contributed by atoms with Crippen LogP contribution in [0.2, 0.25) is 0 Å². The third-order valence-corrected chi connectivity index (χ3v) is 3.35. The highest BCUT2D eigenvalue weighted by atomic mass is 79.9. The van der Waals surface area contributed by atoms with Crippen LogP contribution in [0.25, 0.3) is 10.9 Å². The molecule has 0 unspecified atom stereocenters. The molecule has 3 aromatic rings. The molecule has 0 aliphatic rings. The predicted molar refractivity (Wildman–Crippen MR) is 82.6 cm³/mol. The molecule has 100 valence electrons. The first kappa shape index (κ1) is 12.8. The summed E-state index contributed by atoms with van der Waals surface area (Å²) < 4.78 is 0.748. The highest BCUT2D eigenvalue weighted by molar-refractivity contribution is 9.10. The largest absolute Gasteiger partial charge is 0.339 e. The number of pyridine rings is 1. The molecule has 2 aromatic heterocycles. The molecule has 0 aliphatic heterocycles. The summed E-state index contributed by atoms with van der Waals surface area (Å²) in [4.78, 5) is 12.6. The SMILES string of the molecule is NNc1ncc(Br)c(Nc2cccc3ncccc23)n1. The summed E-state index contributed by atoms with van der Waals surface area (Å²) in [5.41, 5.74) is 4.25. The molecule has 2 heterocycles. The van der Waals surface area contributed by atoms with E-state index in [9.17, 15) is 0 Å². The lowest BCUT2D eigenvalue weighted by Gasteiger charge is -2.10. The van der Waals surface area contributed by atoms with Crippen LogP contribution in [0, 0.1) is 0 Å². The van der Waals surface area contributed by atoms with Crippen molar-refractivity contribution in [2.24, 2.45) is 5.84 Å². The Balaban J connectivity index is 2.05. The molecule has 4 N–H and O–H groups in total.